The summed E-state index contributed by atoms with van der Waals surface area (Å²) >= 11 is 0. The van der Waals surface area contributed by atoms with Gasteiger partial charge in [-0.05, 0) is 35.6 Å². The highest BCUT2D eigenvalue weighted by Gasteiger charge is 2.24. The van der Waals surface area contributed by atoms with Crippen molar-refractivity contribution in [3.05, 3.63) is 41.9 Å². The van der Waals surface area contributed by atoms with E-state index in [1.807, 2.05) is 19.9 Å². The molecule has 11 nitrogen and oxygen atoms in total. The van der Waals surface area contributed by atoms with Gasteiger partial charge < -0.3 is 21.0 Å². The topological polar surface area (TPSA) is 172 Å². The van der Waals surface area contributed by atoms with Gasteiger partial charge in [0.05, 0.1) is 12.8 Å². The molecule has 0 bridgehead atoms. The van der Waals surface area contributed by atoms with Gasteiger partial charge in [-0.1, -0.05) is 40.7 Å². The molecule has 206 valence electrons. The van der Waals surface area contributed by atoms with E-state index >= 15 is 0 Å². The maximum absolute atomic E-state index is 12.5. The molecule has 1 aromatic heterocycles. The number of terminal acetylenes is 1. The van der Waals surface area contributed by atoms with Crippen molar-refractivity contribution in [2.75, 3.05) is 14.1 Å². The normalized spacial score (nSPS) is 15.6. The van der Waals surface area contributed by atoms with E-state index in [0.717, 1.165) is 15.8 Å². The Balaban J connectivity index is 0.00000110. The summed E-state index contributed by atoms with van der Waals surface area (Å²) in [7, 11) is -1.17. The number of nitrogens with zero attached hydrogens (tertiary/aromatic N) is 5. The van der Waals surface area contributed by atoms with E-state index in [0.29, 0.717) is 11.7 Å². The zero-order valence-electron chi connectivity index (χ0n) is 22.9. The number of aromatic hydroxyl groups is 1. The molecular formula is C26H37N7O4S. The second-order valence-electron chi connectivity index (χ2n) is 9.21. The predicted molar refractivity (Wildman–Crippen MR) is 154 cm³/mol. The van der Waals surface area contributed by atoms with E-state index in [9.17, 15) is 13.5 Å². The van der Waals surface area contributed by atoms with Crippen LogP contribution in [-0.2, 0) is 16.6 Å². The smallest absolute Gasteiger partial charge is 0.246 e. The molecule has 1 aliphatic rings. The number of para-hydroxylation sites is 1. The van der Waals surface area contributed by atoms with Gasteiger partial charge in [0.15, 0.2) is 29.1 Å². The summed E-state index contributed by atoms with van der Waals surface area (Å²) in [5, 5.41) is 10.6. The molecule has 0 spiro atoms. The number of phenols is 1. The quantitative estimate of drug-likeness (QED) is 0.469. The maximum atomic E-state index is 12.5. The second-order valence-corrected chi connectivity index (χ2v) is 11.3. The Labute approximate surface area is 225 Å². The van der Waals surface area contributed by atoms with Crippen molar-refractivity contribution in [1.82, 2.24) is 4.31 Å². The highest BCUT2D eigenvalue weighted by Crippen LogP contribution is 2.34. The summed E-state index contributed by atoms with van der Waals surface area (Å²) in [6.45, 7) is 10.7. The molecule has 0 atom stereocenters. The summed E-state index contributed by atoms with van der Waals surface area (Å²) in [6.07, 6.45) is 9.67. The van der Waals surface area contributed by atoms with E-state index in [4.69, 9.17) is 15.9 Å². The Hall–Kier alpha value is -3.95. The number of furan rings is 1. The lowest BCUT2D eigenvalue weighted by Crippen LogP contribution is -2.37. The Morgan fingerprint density at radius 1 is 1.05 bits per heavy atom. The Morgan fingerprint density at radius 2 is 1.61 bits per heavy atom. The molecule has 0 saturated carbocycles. The summed E-state index contributed by atoms with van der Waals surface area (Å²) < 4.78 is 31.4. The van der Waals surface area contributed by atoms with Crippen LogP contribution in [0.15, 0.2) is 59.8 Å². The number of aliphatic imine (C=N–C) groups is 4. The lowest BCUT2D eigenvalue weighted by Gasteiger charge is -2.14. The minimum atomic E-state index is -3.89. The predicted octanol–water partition coefficient (Wildman–Crippen LogP) is 3.63. The van der Waals surface area contributed by atoms with Gasteiger partial charge >= 0.3 is 0 Å². The van der Waals surface area contributed by atoms with Crippen LogP contribution >= 0.6 is 0 Å². The third kappa shape index (κ3) is 8.57. The molecule has 2 heterocycles. The zero-order chi connectivity index (χ0) is 29.2. The van der Waals surface area contributed by atoms with Gasteiger partial charge in [-0.3, -0.25) is 4.99 Å². The number of hydrogen-bond acceptors (Lipinski definition) is 8. The number of sulfonamides is 1. The van der Waals surface area contributed by atoms with Crippen LogP contribution in [0.1, 0.15) is 51.9 Å². The molecule has 0 amide bonds. The summed E-state index contributed by atoms with van der Waals surface area (Å²) in [4.78, 5) is 16.6. The molecule has 0 fully saturated rings. The number of hydrogen-bond donors (Lipinski definition) is 3. The average Bonchev–Trinajstić information content (AvgIpc) is 3.32. The molecule has 38 heavy (non-hydrogen) atoms. The highest BCUT2D eigenvalue weighted by atomic mass is 32.2. The number of benzene rings is 1. The Bertz CT molecular complexity index is 1350. The molecule has 2 aromatic rings. The summed E-state index contributed by atoms with van der Waals surface area (Å²) in [6, 6.07) is 6.06. The van der Waals surface area contributed by atoms with Crippen LogP contribution in [0.4, 0.5) is 5.69 Å². The largest absolute Gasteiger partial charge is 0.504 e. The SMILES string of the molecule is C#C.CC(C)C.CC(C)c1coc(CN=C2N=C(N)C(N)=NC2=Nc2cccc(S(=O)(=O)N(C)C)c2O)c1. The lowest BCUT2D eigenvalue weighted by atomic mass is 10.1. The number of rotatable bonds is 6. The van der Waals surface area contributed by atoms with Crippen LogP contribution in [0.3, 0.4) is 0 Å². The number of amidine groups is 4. The molecule has 0 saturated heterocycles. The molecule has 0 unspecified atom stereocenters. The lowest BCUT2D eigenvalue weighted by molar-refractivity contribution is 0.454. The molecule has 0 aliphatic carbocycles. The van der Waals surface area contributed by atoms with Gasteiger partial charge in [0.2, 0.25) is 10.0 Å². The standard InChI is InChI=1S/C20H25N7O4S.C4H10.C2H2/c1-11(2)12-8-13(31-10-12)9-23-19-20(26-18(22)17(21)25-19)24-14-6-5-7-15(16(14)28)32(29,30)27(3)4;1-4(2)3;1-2/h5-8,10-11,28H,9H2,1-4H3,(H2,21,23,25)(H2,22,24,26);4H,1-3H3;1-2H. The molecule has 12 heteroatoms. The first-order chi connectivity index (χ1) is 17.7. The van der Waals surface area contributed by atoms with Gasteiger partial charge in [-0.25, -0.2) is 27.7 Å². The van der Waals surface area contributed by atoms with Crippen LogP contribution in [-0.4, -0.2) is 55.3 Å². The first-order valence-electron chi connectivity index (χ1n) is 11.7. The van der Waals surface area contributed by atoms with Gasteiger partial charge in [0, 0.05) is 14.1 Å². The van der Waals surface area contributed by atoms with E-state index in [1.54, 1.807) is 6.26 Å². The number of nitrogens with two attached hydrogens (primary N) is 2. The van der Waals surface area contributed by atoms with Crippen LogP contribution in [0.25, 0.3) is 0 Å². The van der Waals surface area contributed by atoms with Gasteiger partial charge in [-0.15, -0.1) is 12.8 Å². The Morgan fingerprint density at radius 3 is 2.11 bits per heavy atom. The first kappa shape index (κ1) is 32.1. The van der Waals surface area contributed by atoms with Crippen LogP contribution in [0.2, 0.25) is 0 Å². The fourth-order valence-electron chi connectivity index (χ4n) is 2.68. The minimum absolute atomic E-state index is 0.0259. The molecule has 0 radical (unpaired) electrons. The number of phenolic OH excluding ortho intramolecular Hbond substituents is 1. The van der Waals surface area contributed by atoms with Crippen molar-refractivity contribution in [1.29, 1.82) is 0 Å². The summed E-state index contributed by atoms with van der Waals surface area (Å²) in [5.41, 5.74) is 12.6. The van der Waals surface area contributed by atoms with E-state index < -0.39 is 15.8 Å². The molecule has 5 N–H and O–H groups in total. The third-order valence-electron chi connectivity index (χ3n) is 4.60. The highest BCUT2D eigenvalue weighted by molar-refractivity contribution is 7.89. The van der Waals surface area contributed by atoms with Crippen molar-refractivity contribution in [2.24, 2.45) is 37.4 Å². The van der Waals surface area contributed by atoms with Crippen molar-refractivity contribution < 1.29 is 17.9 Å². The van der Waals surface area contributed by atoms with Gasteiger partial charge in [0.25, 0.3) is 0 Å². The van der Waals surface area contributed by atoms with E-state index in [1.165, 1.54) is 32.3 Å². The Kier molecular flexibility index (Phi) is 11.9. The van der Waals surface area contributed by atoms with Crippen molar-refractivity contribution in [2.45, 2.75) is 52.0 Å². The zero-order valence-corrected chi connectivity index (χ0v) is 23.7. The first-order valence-corrected chi connectivity index (χ1v) is 13.1. The van der Waals surface area contributed by atoms with Crippen LogP contribution in [0.5, 0.6) is 5.75 Å². The van der Waals surface area contributed by atoms with Gasteiger partial charge in [0.1, 0.15) is 16.3 Å². The molecule has 1 aliphatic heterocycles. The molecular weight excluding hydrogens is 506 g/mol. The molecule has 1 aromatic carbocycles. The fourth-order valence-corrected chi connectivity index (χ4v) is 3.67. The second kappa shape index (κ2) is 14.1. The van der Waals surface area contributed by atoms with Crippen molar-refractivity contribution in [3.63, 3.8) is 0 Å². The van der Waals surface area contributed by atoms with E-state index in [2.05, 4.69) is 53.6 Å². The van der Waals surface area contributed by atoms with Crippen LogP contribution in [0, 0.1) is 18.8 Å². The fraction of sp³-hybridized carbons (Fsp3) is 0.385. The van der Waals surface area contributed by atoms with Crippen molar-refractivity contribution >= 4 is 39.1 Å². The van der Waals surface area contributed by atoms with Crippen LogP contribution < -0.4 is 11.5 Å². The van der Waals surface area contributed by atoms with Crippen molar-refractivity contribution in [3.8, 4) is 18.6 Å². The van der Waals surface area contributed by atoms with Gasteiger partial charge in [-0.2, -0.15) is 0 Å². The maximum Gasteiger partial charge on any atom is 0.246 e. The summed E-state index contributed by atoms with van der Waals surface area (Å²) in [5.74, 6) is 1.16. The third-order valence-corrected chi connectivity index (χ3v) is 6.45. The van der Waals surface area contributed by atoms with E-state index in [-0.39, 0.29) is 40.5 Å². The average molecular weight is 544 g/mol. The monoisotopic (exact) mass is 543 g/mol. The molecule has 3 rings (SSSR count). The minimum Gasteiger partial charge on any atom is -0.504 e.